The molecule has 0 saturated carbocycles. The van der Waals surface area contributed by atoms with Gasteiger partial charge in [0, 0.05) is 24.8 Å². The second-order valence-corrected chi connectivity index (χ2v) is 7.56. The Bertz CT molecular complexity index is 1260. The summed E-state index contributed by atoms with van der Waals surface area (Å²) in [5, 5.41) is 17.3. The van der Waals surface area contributed by atoms with Gasteiger partial charge in [0.2, 0.25) is 0 Å². The fourth-order valence-corrected chi connectivity index (χ4v) is 3.54. The maximum atomic E-state index is 13.1. The summed E-state index contributed by atoms with van der Waals surface area (Å²) in [6.45, 7) is 3.53. The predicted octanol–water partition coefficient (Wildman–Crippen LogP) is 3.77. The Morgan fingerprint density at radius 1 is 1.06 bits per heavy atom. The van der Waals surface area contributed by atoms with E-state index in [4.69, 9.17) is 14.7 Å². The summed E-state index contributed by atoms with van der Waals surface area (Å²) in [4.78, 5) is 21.9. The number of aromatic nitrogens is 2. The zero-order valence-corrected chi connectivity index (χ0v) is 18.7. The van der Waals surface area contributed by atoms with E-state index in [1.807, 2.05) is 37.3 Å². The van der Waals surface area contributed by atoms with Gasteiger partial charge in [0.1, 0.15) is 12.3 Å². The molecule has 1 unspecified atom stereocenters. The molecule has 34 heavy (non-hydrogen) atoms. The number of carbonyl (C=O) groups is 1. The third-order valence-corrected chi connectivity index (χ3v) is 5.22. The molecule has 4 rings (SSSR count). The number of benzene rings is 2. The van der Waals surface area contributed by atoms with Gasteiger partial charge in [-0.25, -0.2) is 9.97 Å². The molecule has 0 bridgehead atoms. The van der Waals surface area contributed by atoms with Crippen molar-refractivity contribution in [2.45, 2.75) is 19.3 Å². The minimum absolute atomic E-state index is 0.125. The number of ether oxygens (including phenoxy) is 2. The van der Waals surface area contributed by atoms with Gasteiger partial charge in [0.05, 0.1) is 36.6 Å². The van der Waals surface area contributed by atoms with Crippen molar-refractivity contribution >= 4 is 17.7 Å². The van der Waals surface area contributed by atoms with Gasteiger partial charge in [0.25, 0.3) is 0 Å². The van der Waals surface area contributed by atoms with Gasteiger partial charge in [-0.3, -0.25) is 4.79 Å². The van der Waals surface area contributed by atoms with Crippen molar-refractivity contribution in [3.05, 3.63) is 77.6 Å². The minimum atomic E-state index is -0.553. The van der Waals surface area contributed by atoms with Crippen LogP contribution in [-0.4, -0.2) is 47.5 Å². The Balaban J connectivity index is 1.45. The fraction of sp³-hybridized carbons (Fsp3) is 0.231. The lowest BCUT2D eigenvalue weighted by molar-refractivity contribution is -0.113. The van der Waals surface area contributed by atoms with Crippen LogP contribution in [0.25, 0.3) is 11.4 Å². The van der Waals surface area contributed by atoms with E-state index in [9.17, 15) is 4.79 Å². The largest absolute Gasteiger partial charge is 0.488 e. The van der Waals surface area contributed by atoms with Crippen molar-refractivity contribution in [2.24, 2.45) is 10.2 Å². The molecule has 1 aliphatic rings. The van der Waals surface area contributed by atoms with Crippen molar-refractivity contribution < 1.29 is 14.3 Å². The first-order valence-corrected chi connectivity index (χ1v) is 10.9. The Hall–Kier alpha value is -4.22. The number of hydrogen-bond donors (Lipinski definition) is 0. The summed E-state index contributed by atoms with van der Waals surface area (Å²) < 4.78 is 10.8. The van der Waals surface area contributed by atoms with Crippen LogP contribution in [0.4, 0.5) is 0 Å². The molecule has 0 radical (unpaired) electrons. The van der Waals surface area contributed by atoms with E-state index in [1.165, 1.54) is 6.21 Å². The summed E-state index contributed by atoms with van der Waals surface area (Å²) in [6, 6.07) is 16.8. The molecule has 2 heterocycles. The third kappa shape index (κ3) is 5.57. The van der Waals surface area contributed by atoms with Gasteiger partial charge < -0.3 is 9.47 Å². The maximum absolute atomic E-state index is 13.1. The second-order valence-electron chi connectivity index (χ2n) is 7.56. The van der Waals surface area contributed by atoms with Gasteiger partial charge in [-0.15, -0.1) is 0 Å². The lowest BCUT2D eigenvalue weighted by Gasteiger charge is -2.16. The van der Waals surface area contributed by atoms with E-state index in [1.54, 1.807) is 30.6 Å². The highest BCUT2D eigenvalue weighted by Gasteiger charge is 2.27. The normalized spacial score (nSPS) is 15.0. The quantitative estimate of drug-likeness (QED) is 0.456. The molecule has 1 atom stereocenters. The molecule has 3 aromatic rings. The third-order valence-electron chi connectivity index (χ3n) is 5.22. The molecule has 8 heteroatoms. The van der Waals surface area contributed by atoms with E-state index in [0.29, 0.717) is 49.1 Å². The van der Waals surface area contributed by atoms with E-state index < -0.39 is 5.92 Å². The zero-order valence-electron chi connectivity index (χ0n) is 18.7. The van der Waals surface area contributed by atoms with E-state index in [0.717, 1.165) is 16.7 Å². The first kappa shape index (κ1) is 23.0. The van der Waals surface area contributed by atoms with Crippen LogP contribution in [0.15, 0.2) is 71.1 Å². The lowest BCUT2D eigenvalue weighted by atomic mass is 9.89. The van der Waals surface area contributed by atoms with Gasteiger partial charge in [-0.1, -0.05) is 30.3 Å². The van der Waals surface area contributed by atoms with Crippen LogP contribution in [0.2, 0.25) is 0 Å². The van der Waals surface area contributed by atoms with Crippen molar-refractivity contribution in [3.63, 3.8) is 0 Å². The number of carbonyl (C=O) groups excluding carboxylic acids is 1. The molecule has 170 valence electrons. The molecule has 1 aliphatic heterocycles. The number of Topliss-reactive ketones (excluding diaryl/α,β-unsaturated/α-hetero) is 1. The van der Waals surface area contributed by atoms with Crippen LogP contribution in [0.1, 0.15) is 29.5 Å². The van der Waals surface area contributed by atoms with Crippen molar-refractivity contribution in [2.75, 3.05) is 19.8 Å². The predicted molar refractivity (Wildman–Crippen MR) is 128 cm³/mol. The molecule has 0 spiro atoms. The summed E-state index contributed by atoms with van der Waals surface area (Å²) in [6.07, 6.45) is 5.11. The average Bonchev–Trinajstić information content (AvgIpc) is 2.88. The number of nitrogens with zero attached hydrogens (tertiary/aromatic N) is 5. The van der Waals surface area contributed by atoms with Gasteiger partial charge >= 0.3 is 0 Å². The number of hydrogen-bond acceptors (Lipinski definition) is 8. The molecular weight excluding hydrogens is 430 g/mol. The summed E-state index contributed by atoms with van der Waals surface area (Å²) in [7, 11) is 0. The van der Waals surface area contributed by atoms with Crippen LogP contribution in [-0.2, 0) is 16.0 Å². The zero-order chi connectivity index (χ0) is 23.8. The van der Waals surface area contributed by atoms with Crippen LogP contribution < -0.4 is 4.74 Å². The molecular formula is C26H23N5O3. The van der Waals surface area contributed by atoms with Gasteiger partial charge in [-0.2, -0.15) is 15.5 Å². The van der Waals surface area contributed by atoms with Crippen LogP contribution >= 0.6 is 0 Å². The van der Waals surface area contributed by atoms with E-state index >= 15 is 0 Å². The molecule has 1 aromatic heterocycles. The SMILES string of the molecule is CCOCCOc1cnc(-c2cccc(CC3=NN=CC(c4cccc(C#N)c4)C3=O)c2)nc1. The monoisotopic (exact) mass is 453 g/mol. The lowest BCUT2D eigenvalue weighted by Crippen LogP contribution is -2.27. The first-order valence-electron chi connectivity index (χ1n) is 10.9. The Morgan fingerprint density at radius 3 is 2.68 bits per heavy atom. The molecule has 8 nitrogen and oxygen atoms in total. The maximum Gasteiger partial charge on any atom is 0.192 e. The number of nitriles is 1. The molecule has 0 aliphatic carbocycles. The van der Waals surface area contributed by atoms with Gasteiger partial charge in [-0.05, 0) is 36.2 Å². The first-order chi connectivity index (χ1) is 16.7. The molecule has 0 saturated heterocycles. The van der Waals surface area contributed by atoms with Crippen LogP contribution in [0.5, 0.6) is 5.75 Å². The Kier molecular flexibility index (Phi) is 7.48. The van der Waals surface area contributed by atoms with E-state index in [-0.39, 0.29) is 5.78 Å². The topological polar surface area (TPSA) is 110 Å². The standard InChI is InChI=1S/C26H23N5O3/c1-2-33-9-10-34-22-15-28-26(29-16-22)21-8-3-5-18(11-21)13-24-25(32)23(17-30-31-24)20-7-4-6-19(12-20)14-27/h3-8,11-12,15-17,23H,2,9-10,13H2,1H3. The van der Waals surface area contributed by atoms with E-state index in [2.05, 4.69) is 26.2 Å². The van der Waals surface area contributed by atoms with Gasteiger partial charge in [0.15, 0.2) is 17.4 Å². The average molecular weight is 454 g/mol. The highest BCUT2D eigenvalue weighted by atomic mass is 16.5. The van der Waals surface area contributed by atoms with Crippen molar-refractivity contribution in [3.8, 4) is 23.2 Å². The van der Waals surface area contributed by atoms with Crippen molar-refractivity contribution in [1.82, 2.24) is 9.97 Å². The second kappa shape index (κ2) is 11.1. The van der Waals surface area contributed by atoms with Crippen LogP contribution in [0, 0.1) is 11.3 Å². The molecule has 0 N–H and O–H groups in total. The summed E-state index contributed by atoms with van der Waals surface area (Å²) >= 11 is 0. The minimum Gasteiger partial charge on any atom is -0.488 e. The van der Waals surface area contributed by atoms with Crippen molar-refractivity contribution in [1.29, 1.82) is 5.26 Å². The Morgan fingerprint density at radius 2 is 1.88 bits per heavy atom. The molecule has 0 fully saturated rings. The molecule has 2 aromatic carbocycles. The smallest absolute Gasteiger partial charge is 0.192 e. The summed E-state index contributed by atoms with van der Waals surface area (Å²) in [5.41, 5.74) is 3.31. The highest BCUT2D eigenvalue weighted by Crippen LogP contribution is 2.23. The Labute approximate surface area is 197 Å². The number of rotatable bonds is 9. The summed E-state index contributed by atoms with van der Waals surface area (Å²) in [5.74, 6) is 0.453. The fourth-order valence-electron chi connectivity index (χ4n) is 3.54. The molecule has 0 amide bonds. The highest BCUT2D eigenvalue weighted by molar-refractivity contribution is 6.45. The van der Waals surface area contributed by atoms with Crippen LogP contribution in [0.3, 0.4) is 0 Å². The number of ketones is 1.